The highest BCUT2D eigenvalue weighted by atomic mass is 16.6. The fraction of sp³-hybridized carbons (Fsp3) is 0.417. The number of nitrogens with zero attached hydrogens (tertiary/aromatic N) is 3. The number of nitro benzene ring substituents is 1. The summed E-state index contributed by atoms with van der Waals surface area (Å²) in [6.45, 7) is 2.81. The molecule has 19 heavy (non-hydrogen) atoms. The molecule has 2 aliphatic rings. The molecule has 1 amide bonds. The van der Waals surface area contributed by atoms with Crippen LogP contribution >= 0.6 is 0 Å². The van der Waals surface area contributed by atoms with E-state index in [1.807, 2.05) is 0 Å². The highest BCUT2D eigenvalue weighted by Crippen LogP contribution is 2.41. The largest absolute Gasteiger partial charge is 0.465 e. The summed E-state index contributed by atoms with van der Waals surface area (Å²) in [7, 11) is 0. The van der Waals surface area contributed by atoms with Crippen molar-refractivity contribution in [1.29, 1.82) is 0 Å². The normalized spacial score (nSPS) is 19.8. The lowest BCUT2D eigenvalue weighted by atomic mass is 9.73. The number of hydrogen-bond acceptors (Lipinski definition) is 4. The third kappa shape index (κ3) is 1.87. The topological polar surface area (TPSA) is 86.9 Å². The van der Waals surface area contributed by atoms with Crippen molar-refractivity contribution in [3.05, 3.63) is 34.4 Å². The predicted molar refractivity (Wildman–Crippen MR) is 67.3 cm³/mol. The summed E-state index contributed by atoms with van der Waals surface area (Å²) in [4.78, 5) is 24.4. The fourth-order valence-electron chi connectivity index (χ4n) is 2.83. The van der Waals surface area contributed by atoms with Gasteiger partial charge in [0, 0.05) is 49.4 Å². The molecule has 7 nitrogen and oxygen atoms in total. The van der Waals surface area contributed by atoms with Crippen LogP contribution in [0.1, 0.15) is 0 Å². The number of likely N-dealkylation sites (tertiary alicyclic amines) is 1. The first-order chi connectivity index (χ1) is 8.99. The van der Waals surface area contributed by atoms with E-state index in [0.717, 1.165) is 18.8 Å². The molecule has 2 fully saturated rings. The van der Waals surface area contributed by atoms with Gasteiger partial charge >= 0.3 is 6.09 Å². The summed E-state index contributed by atoms with van der Waals surface area (Å²) in [5.74, 6) is 0. The van der Waals surface area contributed by atoms with Crippen molar-refractivity contribution >= 4 is 17.5 Å². The van der Waals surface area contributed by atoms with Crippen LogP contribution in [0.25, 0.3) is 0 Å². The molecule has 100 valence electrons. The van der Waals surface area contributed by atoms with E-state index in [-0.39, 0.29) is 11.1 Å². The Morgan fingerprint density at radius 2 is 1.79 bits per heavy atom. The molecule has 7 heteroatoms. The minimum atomic E-state index is -0.862. The van der Waals surface area contributed by atoms with Crippen LogP contribution < -0.4 is 4.90 Å². The monoisotopic (exact) mass is 263 g/mol. The van der Waals surface area contributed by atoms with Crippen molar-refractivity contribution < 1.29 is 14.8 Å². The summed E-state index contributed by atoms with van der Waals surface area (Å²) >= 11 is 0. The maximum Gasteiger partial charge on any atom is 0.407 e. The first kappa shape index (κ1) is 11.8. The molecule has 0 aliphatic carbocycles. The molecule has 2 aliphatic heterocycles. The SMILES string of the molecule is O=C(O)N1CC2(C1)CN(c1ccc([N+](=O)[O-])cc1)C2. The second kappa shape index (κ2) is 3.84. The lowest BCUT2D eigenvalue weighted by molar-refractivity contribution is -0.384. The van der Waals surface area contributed by atoms with E-state index >= 15 is 0 Å². The molecule has 0 aromatic heterocycles. The molecule has 1 spiro atoms. The van der Waals surface area contributed by atoms with Gasteiger partial charge < -0.3 is 14.9 Å². The molecular weight excluding hydrogens is 250 g/mol. The molecule has 2 saturated heterocycles. The van der Waals surface area contributed by atoms with Crippen LogP contribution in [0.15, 0.2) is 24.3 Å². The molecule has 0 atom stereocenters. The van der Waals surface area contributed by atoms with E-state index < -0.39 is 11.0 Å². The number of benzene rings is 1. The molecule has 1 aromatic carbocycles. The quantitative estimate of drug-likeness (QED) is 0.643. The summed E-state index contributed by atoms with van der Waals surface area (Å²) < 4.78 is 0. The lowest BCUT2D eigenvalue weighted by Crippen LogP contribution is -2.73. The minimum absolute atomic E-state index is 0.0830. The molecule has 0 saturated carbocycles. The van der Waals surface area contributed by atoms with Gasteiger partial charge in [-0.2, -0.15) is 0 Å². The minimum Gasteiger partial charge on any atom is -0.465 e. The van der Waals surface area contributed by atoms with Crippen molar-refractivity contribution in [1.82, 2.24) is 4.90 Å². The lowest BCUT2D eigenvalue weighted by Gasteiger charge is -2.60. The summed E-state index contributed by atoms with van der Waals surface area (Å²) in [6, 6.07) is 6.45. The van der Waals surface area contributed by atoms with Crippen molar-refractivity contribution in [2.45, 2.75) is 0 Å². The van der Waals surface area contributed by atoms with Gasteiger partial charge in [0.15, 0.2) is 0 Å². The third-order valence-corrected chi connectivity index (χ3v) is 3.80. The zero-order valence-electron chi connectivity index (χ0n) is 10.2. The first-order valence-corrected chi connectivity index (χ1v) is 5.96. The van der Waals surface area contributed by atoms with Gasteiger partial charge in [-0.15, -0.1) is 0 Å². The van der Waals surface area contributed by atoms with E-state index in [0.29, 0.717) is 13.1 Å². The van der Waals surface area contributed by atoms with Crippen LogP contribution in [0.4, 0.5) is 16.2 Å². The van der Waals surface area contributed by atoms with Crippen molar-refractivity contribution in [3.8, 4) is 0 Å². The average Bonchev–Trinajstić information content (AvgIpc) is 2.25. The molecule has 1 N–H and O–H groups in total. The Morgan fingerprint density at radius 3 is 2.26 bits per heavy atom. The second-order valence-electron chi connectivity index (χ2n) is 5.27. The number of non-ortho nitro benzene ring substituents is 1. The van der Waals surface area contributed by atoms with Crippen LogP contribution in [0.3, 0.4) is 0 Å². The van der Waals surface area contributed by atoms with Gasteiger partial charge in [0.2, 0.25) is 0 Å². The van der Waals surface area contributed by atoms with Crippen molar-refractivity contribution in [3.63, 3.8) is 0 Å². The molecule has 2 heterocycles. The standard InChI is InChI=1S/C12H13N3O4/c16-11(17)14-7-12(8-14)5-13(6-12)9-1-3-10(4-2-9)15(18)19/h1-4H,5-8H2,(H,16,17). The van der Waals surface area contributed by atoms with Crippen LogP contribution in [0.2, 0.25) is 0 Å². The molecule has 0 bridgehead atoms. The van der Waals surface area contributed by atoms with E-state index in [9.17, 15) is 14.9 Å². The summed E-state index contributed by atoms with van der Waals surface area (Å²) in [5.41, 5.74) is 1.13. The molecule has 1 aromatic rings. The maximum atomic E-state index is 10.7. The Kier molecular flexibility index (Phi) is 2.38. The van der Waals surface area contributed by atoms with Gasteiger partial charge in [-0.1, -0.05) is 0 Å². The number of hydrogen-bond donors (Lipinski definition) is 1. The first-order valence-electron chi connectivity index (χ1n) is 5.96. The second-order valence-corrected chi connectivity index (χ2v) is 5.27. The molecular formula is C12H13N3O4. The van der Waals surface area contributed by atoms with Gasteiger partial charge in [-0.05, 0) is 12.1 Å². The van der Waals surface area contributed by atoms with E-state index in [1.54, 1.807) is 12.1 Å². The van der Waals surface area contributed by atoms with Crippen molar-refractivity contribution in [2.75, 3.05) is 31.1 Å². The summed E-state index contributed by atoms with van der Waals surface area (Å²) in [6.07, 6.45) is -0.862. The number of rotatable bonds is 2. The fourth-order valence-corrected chi connectivity index (χ4v) is 2.83. The number of nitro groups is 1. The van der Waals surface area contributed by atoms with Gasteiger partial charge in [-0.3, -0.25) is 10.1 Å². The zero-order valence-corrected chi connectivity index (χ0v) is 10.2. The number of anilines is 1. The van der Waals surface area contributed by atoms with E-state index in [1.165, 1.54) is 17.0 Å². The smallest absolute Gasteiger partial charge is 0.407 e. The third-order valence-electron chi connectivity index (χ3n) is 3.80. The van der Waals surface area contributed by atoms with E-state index in [4.69, 9.17) is 5.11 Å². The highest BCUT2D eigenvalue weighted by Gasteiger charge is 2.53. The Hall–Kier alpha value is -2.31. The Morgan fingerprint density at radius 1 is 1.21 bits per heavy atom. The Balaban J connectivity index is 1.59. The molecule has 0 radical (unpaired) electrons. The van der Waals surface area contributed by atoms with Crippen LogP contribution in [-0.4, -0.2) is 47.2 Å². The zero-order chi connectivity index (χ0) is 13.6. The van der Waals surface area contributed by atoms with Gasteiger partial charge in [0.05, 0.1) is 4.92 Å². The number of carboxylic acid groups (broad SMARTS) is 1. The number of amides is 1. The van der Waals surface area contributed by atoms with Gasteiger partial charge in [0.25, 0.3) is 5.69 Å². The van der Waals surface area contributed by atoms with Crippen LogP contribution in [-0.2, 0) is 0 Å². The molecule has 3 rings (SSSR count). The van der Waals surface area contributed by atoms with E-state index in [2.05, 4.69) is 4.90 Å². The van der Waals surface area contributed by atoms with Crippen LogP contribution in [0.5, 0.6) is 0 Å². The Bertz CT molecular complexity index is 528. The highest BCUT2D eigenvalue weighted by molar-refractivity contribution is 5.67. The van der Waals surface area contributed by atoms with Crippen molar-refractivity contribution in [2.24, 2.45) is 5.41 Å². The molecule has 0 unspecified atom stereocenters. The predicted octanol–water partition coefficient (Wildman–Crippen LogP) is 1.39. The average molecular weight is 263 g/mol. The number of carbonyl (C=O) groups is 1. The van der Waals surface area contributed by atoms with Crippen LogP contribution in [0, 0.1) is 15.5 Å². The van der Waals surface area contributed by atoms with Gasteiger partial charge in [0.1, 0.15) is 0 Å². The summed E-state index contributed by atoms with van der Waals surface area (Å²) in [5, 5.41) is 19.4. The maximum absolute atomic E-state index is 10.7. The Labute approximate surface area is 109 Å². The van der Waals surface area contributed by atoms with Gasteiger partial charge in [-0.25, -0.2) is 4.79 Å².